The van der Waals surface area contributed by atoms with Crippen LogP contribution in [-0.2, 0) is 6.42 Å². The van der Waals surface area contributed by atoms with Crippen LogP contribution >= 0.6 is 11.3 Å². The van der Waals surface area contributed by atoms with Gasteiger partial charge in [0.05, 0.1) is 6.10 Å². The summed E-state index contributed by atoms with van der Waals surface area (Å²) in [4.78, 5) is 0. The molecule has 0 spiro atoms. The maximum atomic E-state index is 5.82. The van der Waals surface area contributed by atoms with Crippen LogP contribution in [0.15, 0.2) is 41.1 Å². The number of hydrogen-bond acceptors (Lipinski definition) is 3. The van der Waals surface area contributed by atoms with Gasteiger partial charge in [-0.3, -0.25) is 0 Å². The monoisotopic (exact) mass is 303 g/mol. The molecular formula is C18H25NOS. The van der Waals surface area contributed by atoms with Gasteiger partial charge in [0.15, 0.2) is 0 Å². The van der Waals surface area contributed by atoms with Gasteiger partial charge in [0.2, 0.25) is 0 Å². The average Bonchev–Trinajstić information content (AvgIpc) is 2.96. The van der Waals surface area contributed by atoms with Crippen molar-refractivity contribution in [2.24, 2.45) is 0 Å². The molecule has 0 aliphatic carbocycles. The summed E-state index contributed by atoms with van der Waals surface area (Å²) in [6.45, 7) is 7.35. The minimum atomic E-state index is 0.208. The standard InChI is InChI=1S/C18H25NOS/c1-4-9-19-18(11-15-8-10-21-13-15)16-6-5-7-17(12-16)20-14(2)3/h5-8,10,12-14,18-19H,4,9,11H2,1-3H3. The minimum Gasteiger partial charge on any atom is -0.491 e. The molecule has 3 heteroatoms. The predicted molar refractivity (Wildman–Crippen MR) is 91.3 cm³/mol. The van der Waals surface area contributed by atoms with E-state index in [1.54, 1.807) is 11.3 Å². The van der Waals surface area contributed by atoms with Crippen LogP contribution in [0.25, 0.3) is 0 Å². The fourth-order valence-electron chi connectivity index (χ4n) is 2.35. The van der Waals surface area contributed by atoms with Crippen LogP contribution in [0.4, 0.5) is 0 Å². The largest absolute Gasteiger partial charge is 0.491 e. The molecule has 1 heterocycles. The highest BCUT2D eigenvalue weighted by molar-refractivity contribution is 7.07. The van der Waals surface area contributed by atoms with Crippen molar-refractivity contribution in [3.63, 3.8) is 0 Å². The van der Waals surface area contributed by atoms with Crippen LogP contribution in [0.3, 0.4) is 0 Å². The van der Waals surface area contributed by atoms with Gasteiger partial charge in [-0.15, -0.1) is 0 Å². The quantitative estimate of drug-likeness (QED) is 0.755. The van der Waals surface area contributed by atoms with Crippen molar-refractivity contribution < 1.29 is 4.74 Å². The molecule has 0 saturated heterocycles. The highest BCUT2D eigenvalue weighted by Gasteiger charge is 2.13. The zero-order chi connectivity index (χ0) is 15.1. The molecule has 1 N–H and O–H groups in total. The van der Waals surface area contributed by atoms with Crippen LogP contribution < -0.4 is 10.1 Å². The molecule has 21 heavy (non-hydrogen) atoms. The number of hydrogen-bond donors (Lipinski definition) is 1. The third-order valence-electron chi connectivity index (χ3n) is 3.29. The van der Waals surface area contributed by atoms with E-state index in [-0.39, 0.29) is 6.10 Å². The molecule has 114 valence electrons. The van der Waals surface area contributed by atoms with E-state index >= 15 is 0 Å². The number of benzene rings is 1. The molecule has 0 fully saturated rings. The van der Waals surface area contributed by atoms with Gasteiger partial charge in [-0.05, 0) is 73.3 Å². The summed E-state index contributed by atoms with van der Waals surface area (Å²) in [5, 5.41) is 8.03. The molecule has 0 aliphatic rings. The lowest BCUT2D eigenvalue weighted by Gasteiger charge is -2.20. The van der Waals surface area contributed by atoms with Crippen LogP contribution in [0.5, 0.6) is 5.75 Å². The van der Waals surface area contributed by atoms with Gasteiger partial charge in [-0.2, -0.15) is 11.3 Å². The molecule has 0 aliphatic heterocycles. The smallest absolute Gasteiger partial charge is 0.120 e. The van der Waals surface area contributed by atoms with E-state index in [4.69, 9.17) is 4.74 Å². The molecule has 2 nitrogen and oxygen atoms in total. The summed E-state index contributed by atoms with van der Waals surface area (Å²) >= 11 is 1.76. The average molecular weight is 303 g/mol. The fraction of sp³-hybridized carbons (Fsp3) is 0.444. The van der Waals surface area contributed by atoms with Gasteiger partial charge in [-0.25, -0.2) is 0 Å². The lowest BCUT2D eigenvalue weighted by atomic mass is 10.00. The van der Waals surface area contributed by atoms with Gasteiger partial charge in [0, 0.05) is 6.04 Å². The maximum absolute atomic E-state index is 5.82. The highest BCUT2D eigenvalue weighted by Crippen LogP contribution is 2.24. The first-order chi connectivity index (χ1) is 10.2. The summed E-state index contributed by atoms with van der Waals surface area (Å²) in [5.41, 5.74) is 2.69. The Labute approximate surface area is 132 Å². The van der Waals surface area contributed by atoms with Crippen LogP contribution in [0.1, 0.15) is 44.4 Å². The number of nitrogens with one attached hydrogen (secondary N) is 1. The van der Waals surface area contributed by atoms with Crippen molar-refractivity contribution in [1.29, 1.82) is 0 Å². The van der Waals surface area contributed by atoms with Crippen molar-refractivity contribution >= 4 is 11.3 Å². The molecule has 1 unspecified atom stereocenters. The third kappa shape index (κ3) is 5.18. The third-order valence-corrected chi connectivity index (χ3v) is 4.02. The first-order valence-electron chi connectivity index (χ1n) is 7.70. The lowest BCUT2D eigenvalue weighted by Crippen LogP contribution is -2.24. The second-order valence-corrected chi connectivity index (χ2v) is 6.36. The summed E-state index contributed by atoms with van der Waals surface area (Å²) in [7, 11) is 0. The van der Waals surface area contributed by atoms with E-state index in [1.165, 1.54) is 11.1 Å². The minimum absolute atomic E-state index is 0.208. The number of thiophene rings is 1. The van der Waals surface area contributed by atoms with Gasteiger partial charge >= 0.3 is 0 Å². The Balaban J connectivity index is 2.14. The molecule has 1 aromatic carbocycles. The molecule has 0 amide bonds. The Morgan fingerprint density at radius 1 is 1.24 bits per heavy atom. The van der Waals surface area contributed by atoms with Crippen molar-refractivity contribution in [2.75, 3.05) is 6.54 Å². The Morgan fingerprint density at radius 2 is 2.10 bits per heavy atom. The number of rotatable bonds is 8. The Hall–Kier alpha value is -1.32. The lowest BCUT2D eigenvalue weighted by molar-refractivity contribution is 0.242. The van der Waals surface area contributed by atoms with E-state index in [0.29, 0.717) is 6.04 Å². The first-order valence-corrected chi connectivity index (χ1v) is 8.64. The molecule has 1 aromatic heterocycles. The molecule has 2 rings (SSSR count). The molecule has 2 aromatic rings. The molecule has 0 radical (unpaired) electrons. The zero-order valence-corrected chi connectivity index (χ0v) is 14.0. The van der Waals surface area contributed by atoms with Crippen molar-refractivity contribution in [1.82, 2.24) is 5.32 Å². The number of ether oxygens (including phenoxy) is 1. The summed E-state index contributed by atoms with van der Waals surface area (Å²) in [6, 6.07) is 11.0. The highest BCUT2D eigenvalue weighted by atomic mass is 32.1. The topological polar surface area (TPSA) is 21.3 Å². The van der Waals surface area contributed by atoms with Crippen molar-refractivity contribution in [3.05, 3.63) is 52.2 Å². The maximum Gasteiger partial charge on any atom is 0.120 e. The molecular weight excluding hydrogens is 278 g/mol. The SMILES string of the molecule is CCCNC(Cc1ccsc1)c1cccc(OC(C)C)c1. The van der Waals surface area contributed by atoms with E-state index in [0.717, 1.165) is 25.1 Å². The Morgan fingerprint density at radius 3 is 2.76 bits per heavy atom. The molecule has 0 bridgehead atoms. The summed E-state index contributed by atoms with van der Waals surface area (Å²) in [6.07, 6.45) is 2.37. The van der Waals surface area contributed by atoms with Gasteiger partial charge in [0.1, 0.15) is 5.75 Å². The van der Waals surface area contributed by atoms with E-state index in [1.807, 2.05) is 6.07 Å². The first kappa shape index (κ1) is 16.1. The fourth-order valence-corrected chi connectivity index (χ4v) is 3.03. The van der Waals surface area contributed by atoms with E-state index in [9.17, 15) is 0 Å². The van der Waals surface area contributed by atoms with E-state index in [2.05, 4.69) is 61.1 Å². The zero-order valence-electron chi connectivity index (χ0n) is 13.1. The van der Waals surface area contributed by atoms with Gasteiger partial charge in [0.25, 0.3) is 0 Å². The van der Waals surface area contributed by atoms with Crippen LogP contribution in [0.2, 0.25) is 0 Å². The van der Waals surface area contributed by atoms with Crippen molar-refractivity contribution in [3.8, 4) is 5.75 Å². The second-order valence-electron chi connectivity index (χ2n) is 5.58. The molecule has 0 saturated carbocycles. The van der Waals surface area contributed by atoms with Crippen molar-refractivity contribution in [2.45, 2.75) is 45.8 Å². The second kappa shape index (κ2) is 8.20. The summed E-state index contributed by atoms with van der Waals surface area (Å²) < 4.78 is 5.82. The van der Waals surface area contributed by atoms with E-state index < -0.39 is 0 Å². The van der Waals surface area contributed by atoms with Gasteiger partial charge < -0.3 is 10.1 Å². The summed E-state index contributed by atoms with van der Waals surface area (Å²) in [5.74, 6) is 0.955. The Kier molecular flexibility index (Phi) is 6.27. The van der Waals surface area contributed by atoms with Gasteiger partial charge in [-0.1, -0.05) is 19.1 Å². The predicted octanol–water partition coefficient (Wildman–Crippen LogP) is 4.82. The van der Waals surface area contributed by atoms with Crippen LogP contribution in [-0.4, -0.2) is 12.6 Å². The normalized spacial score (nSPS) is 12.6. The van der Waals surface area contributed by atoms with Crippen LogP contribution in [0, 0.1) is 0 Å². The Bertz CT molecular complexity index is 522. The molecule has 1 atom stereocenters.